The number of unbranched alkanes of at least 4 members (excludes halogenated alkanes) is 4. The first-order valence-corrected chi connectivity index (χ1v) is 9.32. The lowest BCUT2D eigenvalue weighted by molar-refractivity contribution is 0.0191. The van der Waals surface area contributed by atoms with Crippen molar-refractivity contribution in [3.05, 3.63) is 48.1 Å². The number of halogens is 2. The molecule has 0 spiro atoms. The van der Waals surface area contributed by atoms with Gasteiger partial charge in [0.1, 0.15) is 24.3 Å². The average Bonchev–Trinajstić information content (AvgIpc) is 3.10. The van der Waals surface area contributed by atoms with Crippen molar-refractivity contribution in [2.24, 2.45) is 0 Å². The van der Waals surface area contributed by atoms with Gasteiger partial charge in [-0.05, 0) is 18.1 Å². The standard InChI is InChI=1S/C20H29F2N3O/c1-4-5-6-7-8-9-19(26-3)20(2,13-25-15-23-14-24-25)17-11-10-16(21)12-18(17)22/h10-12,14-15,19H,4-9,13H2,1-3H3/t19-,20-/m0/s1. The van der Waals surface area contributed by atoms with Crippen molar-refractivity contribution in [1.82, 2.24) is 14.8 Å². The third kappa shape index (κ3) is 5.10. The molecule has 2 aromatic rings. The predicted octanol–water partition coefficient (Wildman–Crippen LogP) is 4.89. The molecule has 6 heteroatoms. The Morgan fingerprint density at radius 1 is 1.19 bits per heavy atom. The van der Waals surface area contributed by atoms with Crippen LogP contribution in [0.15, 0.2) is 30.9 Å². The molecule has 0 bridgehead atoms. The summed E-state index contributed by atoms with van der Waals surface area (Å²) in [5, 5.41) is 4.16. The quantitative estimate of drug-likeness (QED) is 0.532. The fourth-order valence-corrected chi connectivity index (χ4v) is 3.59. The number of nitrogens with zero attached hydrogens (tertiary/aromatic N) is 3. The largest absolute Gasteiger partial charge is 0.380 e. The van der Waals surface area contributed by atoms with Gasteiger partial charge in [0.05, 0.1) is 12.6 Å². The van der Waals surface area contributed by atoms with E-state index in [0.717, 1.165) is 25.3 Å². The Balaban J connectivity index is 2.26. The zero-order valence-electron chi connectivity index (χ0n) is 15.9. The monoisotopic (exact) mass is 365 g/mol. The first-order chi connectivity index (χ1) is 12.5. The fraction of sp³-hybridized carbons (Fsp3) is 0.600. The molecule has 0 unspecified atom stereocenters. The van der Waals surface area contributed by atoms with Crippen molar-refractivity contribution in [3.63, 3.8) is 0 Å². The summed E-state index contributed by atoms with van der Waals surface area (Å²) in [4.78, 5) is 3.97. The molecule has 1 heterocycles. The molecule has 26 heavy (non-hydrogen) atoms. The average molecular weight is 365 g/mol. The van der Waals surface area contributed by atoms with Crippen molar-refractivity contribution >= 4 is 0 Å². The molecule has 0 saturated heterocycles. The molecule has 0 radical (unpaired) electrons. The molecule has 0 amide bonds. The van der Waals surface area contributed by atoms with Crippen LogP contribution in [0.2, 0.25) is 0 Å². The van der Waals surface area contributed by atoms with Gasteiger partial charge in [0.2, 0.25) is 0 Å². The summed E-state index contributed by atoms with van der Waals surface area (Å²) >= 11 is 0. The molecule has 2 atom stereocenters. The van der Waals surface area contributed by atoms with Gasteiger partial charge in [0.15, 0.2) is 0 Å². The van der Waals surface area contributed by atoms with E-state index in [2.05, 4.69) is 17.0 Å². The summed E-state index contributed by atoms with van der Waals surface area (Å²) < 4.78 is 35.5. The molecule has 144 valence electrons. The molecule has 0 saturated carbocycles. The third-order valence-electron chi connectivity index (χ3n) is 5.07. The normalized spacial score (nSPS) is 15.0. The summed E-state index contributed by atoms with van der Waals surface area (Å²) in [6.45, 7) is 4.54. The van der Waals surface area contributed by atoms with Crippen LogP contribution in [-0.2, 0) is 16.7 Å². The van der Waals surface area contributed by atoms with Crippen LogP contribution in [0.4, 0.5) is 8.78 Å². The Morgan fingerprint density at radius 3 is 2.58 bits per heavy atom. The van der Waals surface area contributed by atoms with Crippen LogP contribution in [0.25, 0.3) is 0 Å². The van der Waals surface area contributed by atoms with E-state index in [1.807, 2.05) is 6.92 Å². The second kappa shape index (κ2) is 9.76. The Hall–Kier alpha value is -1.82. The van der Waals surface area contributed by atoms with Gasteiger partial charge in [-0.25, -0.2) is 13.8 Å². The van der Waals surface area contributed by atoms with Crippen molar-refractivity contribution in [1.29, 1.82) is 0 Å². The van der Waals surface area contributed by atoms with Crippen LogP contribution in [-0.4, -0.2) is 28.0 Å². The number of hydrogen-bond acceptors (Lipinski definition) is 3. The minimum absolute atomic E-state index is 0.215. The lowest BCUT2D eigenvalue weighted by Gasteiger charge is -2.37. The molecule has 0 aliphatic rings. The number of rotatable bonds is 11. The number of methoxy groups -OCH3 is 1. The summed E-state index contributed by atoms with van der Waals surface area (Å²) in [7, 11) is 1.65. The van der Waals surface area contributed by atoms with Gasteiger partial charge in [0, 0.05) is 18.6 Å². The predicted molar refractivity (Wildman–Crippen MR) is 97.9 cm³/mol. The van der Waals surface area contributed by atoms with E-state index in [4.69, 9.17) is 4.74 Å². The van der Waals surface area contributed by atoms with Gasteiger partial charge in [-0.1, -0.05) is 52.0 Å². The number of benzene rings is 1. The highest BCUT2D eigenvalue weighted by Gasteiger charge is 2.39. The van der Waals surface area contributed by atoms with E-state index in [9.17, 15) is 8.78 Å². The van der Waals surface area contributed by atoms with Crippen LogP contribution in [0.5, 0.6) is 0 Å². The highest BCUT2D eigenvalue weighted by Crippen LogP contribution is 2.36. The maximum Gasteiger partial charge on any atom is 0.137 e. The minimum Gasteiger partial charge on any atom is -0.380 e. The third-order valence-corrected chi connectivity index (χ3v) is 5.07. The van der Waals surface area contributed by atoms with Crippen LogP contribution in [0.1, 0.15) is 57.9 Å². The van der Waals surface area contributed by atoms with E-state index in [1.165, 1.54) is 37.7 Å². The molecule has 4 nitrogen and oxygen atoms in total. The van der Waals surface area contributed by atoms with Gasteiger partial charge >= 0.3 is 0 Å². The Bertz CT molecular complexity index is 663. The number of ether oxygens (including phenoxy) is 1. The van der Waals surface area contributed by atoms with Crippen LogP contribution in [0.3, 0.4) is 0 Å². The number of hydrogen-bond donors (Lipinski definition) is 0. The molecule has 0 N–H and O–H groups in total. The summed E-state index contributed by atoms with van der Waals surface area (Å²) in [6, 6.07) is 3.75. The Morgan fingerprint density at radius 2 is 1.96 bits per heavy atom. The molecular weight excluding hydrogens is 336 g/mol. The molecule has 2 rings (SSSR count). The smallest absolute Gasteiger partial charge is 0.137 e. The Kier molecular flexibility index (Phi) is 7.69. The molecular formula is C20H29F2N3O. The van der Waals surface area contributed by atoms with E-state index in [0.29, 0.717) is 12.1 Å². The van der Waals surface area contributed by atoms with Gasteiger partial charge in [0.25, 0.3) is 0 Å². The Labute approximate surface area is 154 Å². The second-order valence-electron chi connectivity index (χ2n) is 7.06. The second-order valence-corrected chi connectivity index (χ2v) is 7.06. The topological polar surface area (TPSA) is 39.9 Å². The minimum atomic E-state index is -0.689. The fourth-order valence-electron chi connectivity index (χ4n) is 3.59. The van der Waals surface area contributed by atoms with Gasteiger partial charge in [-0.2, -0.15) is 5.10 Å². The maximum absolute atomic E-state index is 14.6. The lowest BCUT2D eigenvalue weighted by atomic mass is 9.75. The van der Waals surface area contributed by atoms with Crippen LogP contribution >= 0.6 is 0 Å². The highest BCUT2D eigenvalue weighted by molar-refractivity contribution is 5.28. The van der Waals surface area contributed by atoms with Gasteiger partial charge < -0.3 is 4.74 Å². The van der Waals surface area contributed by atoms with E-state index in [1.54, 1.807) is 18.1 Å². The van der Waals surface area contributed by atoms with E-state index < -0.39 is 17.0 Å². The molecule has 0 aliphatic heterocycles. The van der Waals surface area contributed by atoms with Gasteiger partial charge in [-0.15, -0.1) is 0 Å². The van der Waals surface area contributed by atoms with Crippen LogP contribution in [0, 0.1) is 11.6 Å². The zero-order valence-corrected chi connectivity index (χ0v) is 15.9. The molecule has 0 aliphatic carbocycles. The summed E-state index contributed by atoms with van der Waals surface area (Å²) in [5.41, 5.74) is -0.250. The van der Waals surface area contributed by atoms with Crippen molar-refractivity contribution in [2.75, 3.05) is 7.11 Å². The van der Waals surface area contributed by atoms with E-state index in [-0.39, 0.29) is 6.10 Å². The van der Waals surface area contributed by atoms with E-state index >= 15 is 0 Å². The summed E-state index contributed by atoms with van der Waals surface area (Å²) in [6.07, 6.45) is 9.39. The summed E-state index contributed by atoms with van der Waals surface area (Å²) in [5.74, 6) is -1.14. The zero-order chi connectivity index (χ0) is 19.0. The number of aromatic nitrogens is 3. The first-order valence-electron chi connectivity index (χ1n) is 9.32. The SMILES string of the molecule is CCCCCCC[C@H](OC)[C@@](C)(Cn1cncn1)c1ccc(F)cc1F. The first kappa shape index (κ1) is 20.5. The van der Waals surface area contributed by atoms with Crippen LogP contribution < -0.4 is 0 Å². The van der Waals surface area contributed by atoms with Crippen molar-refractivity contribution in [3.8, 4) is 0 Å². The van der Waals surface area contributed by atoms with Gasteiger partial charge in [-0.3, -0.25) is 4.68 Å². The maximum atomic E-state index is 14.6. The molecule has 1 aromatic heterocycles. The highest BCUT2D eigenvalue weighted by atomic mass is 19.1. The molecule has 1 aromatic carbocycles. The lowest BCUT2D eigenvalue weighted by Crippen LogP contribution is -2.43. The van der Waals surface area contributed by atoms with Crippen molar-refractivity contribution < 1.29 is 13.5 Å². The van der Waals surface area contributed by atoms with Crippen molar-refractivity contribution in [2.45, 2.75) is 70.4 Å². The molecule has 0 fully saturated rings.